The Morgan fingerprint density at radius 3 is 2.18 bits per heavy atom. The van der Waals surface area contributed by atoms with Gasteiger partial charge in [-0.05, 0) is 76.2 Å². The van der Waals surface area contributed by atoms with E-state index in [9.17, 15) is 0 Å². The number of benzene rings is 6. The highest BCUT2D eigenvalue weighted by atomic mass is 16.3. The number of hydrogen-bond acceptors (Lipinski definition) is 2. The van der Waals surface area contributed by atoms with Gasteiger partial charge >= 0.3 is 0 Å². The van der Waals surface area contributed by atoms with Crippen LogP contribution in [0.1, 0.15) is 25.0 Å². The predicted molar refractivity (Wildman–Crippen MR) is 163 cm³/mol. The molecule has 0 unspecified atom stereocenters. The Labute approximate surface area is 227 Å². The second-order valence-electron chi connectivity index (χ2n) is 11.0. The Kier molecular flexibility index (Phi) is 4.60. The molecule has 1 aromatic heterocycles. The van der Waals surface area contributed by atoms with Gasteiger partial charge in [-0.2, -0.15) is 0 Å². The zero-order valence-electron chi connectivity index (χ0n) is 22.0. The first kappa shape index (κ1) is 22.2. The number of furan rings is 1. The van der Waals surface area contributed by atoms with Crippen molar-refractivity contribution in [2.75, 3.05) is 4.90 Å². The second kappa shape index (κ2) is 8.09. The van der Waals surface area contributed by atoms with E-state index in [0.717, 1.165) is 44.4 Å². The zero-order chi connectivity index (χ0) is 26.1. The van der Waals surface area contributed by atoms with E-state index in [-0.39, 0.29) is 5.41 Å². The molecule has 0 radical (unpaired) electrons. The van der Waals surface area contributed by atoms with Crippen molar-refractivity contribution in [1.29, 1.82) is 0 Å². The van der Waals surface area contributed by atoms with Gasteiger partial charge in [0.2, 0.25) is 0 Å². The van der Waals surface area contributed by atoms with E-state index in [2.05, 4.69) is 134 Å². The molecule has 1 heterocycles. The summed E-state index contributed by atoms with van der Waals surface area (Å²) < 4.78 is 6.22. The monoisotopic (exact) mass is 501 g/mol. The van der Waals surface area contributed by atoms with Crippen LogP contribution in [0.15, 0.2) is 132 Å². The summed E-state index contributed by atoms with van der Waals surface area (Å²) in [5, 5.41) is 4.64. The summed E-state index contributed by atoms with van der Waals surface area (Å²) in [6, 6.07) is 45.8. The van der Waals surface area contributed by atoms with Crippen LogP contribution < -0.4 is 4.90 Å². The van der Waals surface area contributed by atoms with E-state index >= 15 is 0 Å². The Hall–Kier alpha value is -4.82. The molecule has 7 aromatic rings. The fourth-order valence-corrected chi connectivity index (χ4v) is 6.53. The minimum atomic E-state index is -0.0184. The molecule has 0 amide bonds. The van der Waals surface area contributed by atoms with Crippen LogP contribution in [-0.2, 0) is 5.41 Å². The van der Waals surface area contributed by atoms with Crippen LogP contribution >= 0.6 is 0 Å². The summed E-state index contributed by atoms with van der Waals surface area (Å²) in [7, 11) is 0. The lowest BCUT2D eigenvalue weighted by atomic mass is 9.82. The molecule has 39 heavy (non-hydrogen) atoms. The summed E-state index contributed by atoms with van der Waals surface area (Å²) in [6.07, 6.45) is 0. The normalized spacial score (nSPS) is 13.6. The molecule has 0 N–H and O–H groups in total. The average molecular weight is 502 g/mol. The average Bonchev–Trinajstić information content (AvgIpc) is 3.44. The summed E-state index contributed by atoms with van der Waals surface area (Å²) in [6.45, 7) is 4.66. The van der Waals surface area contributed by atoms with Gasteiger partial charge in [-0.1, -0.05) is 92.7 Å². The third kappa shape index (κ3) is 3.21. The van der Waals surface area contributed by atoms with Gasteiger partial charge in [0.1, 0.15) is 11.2 Å². The van der Waals surface area contributed by atoms with Gasteiger partial charge in [-0.15, -0.1) is 0 Å². The van der Waals surface area contributed by atoms with E-state index < -0.39 is 0 Å². The maximum atomic E-state index is 6.22. The van der Waals surface area contributed by atoms with Gasteiger partial charge in [0.15, 0.2) is 0 Å². The molecule has 0 saturated heterocycles. The number of para-hydroxylation sites is 2. The van der Waals surface area contributed by atoms with Crippen molar-refractivity contribution in [2.45, 2.75) is 19.3 Å². The molecule has 0 saturated carbocycles. The van der Waals surface area contributed by atoms with Gasteiger partial charge in [-0.25, -0.2) is 0 Å². The molecular weight excluding hydrogens is 474 g/mol. The summed E-state index contributed by atoms with van der Waals surface area (Å²) in [5.41, 5.74) is 10.7. The van der Waals surface area contributed by atoms with Gasteiger partial charge in [0.25, 0.3) is 0 Å². The van der Waals surface area contributed by atoms with Crippen LogP contribution in [0.25, 0.3) is 43.8 Å². The van der Waals surface area contributed by atoms with Gasteiger partial charge in [-0.3, -0.25) is 0 Å². The fourth-order valence-electron chi connectivity index (χ4n) is 6.53. The van der Waals surface area contributed by atoms with E-state index in [4.69, 9.17) is 4.42 Å². The molecule has 2 nitrogen and oxygen atoms in total. The van der Waals surface area contributed by atoms with Crippen molar-refractivity contribution in [3.63, 3.8) is 0 Å². The van der Waals surface area contributed by atoms with Gasteiger partial charge in [0.05, 0.1) is 5.69 Å². The van der Waals surface area contributed by atoms with E-state index in [1.54, 1.807) is 0 Å². The maximum absolute atomic E-state index is 6.22. The van der Waals surface area contributed by atoms with Gasteiger partial charge in [0, 0.05) is 32.9 Å². The molecule has 6 aromatic carbocycles. The lowest BCUT2D eigenvalue weighted by Gasteiger charge is -2.28. The smallest absolute Gasteiger partial charge is 0.136 e. The van der Waals surface area contributed by atoms with E-state index in [0.29, 0.717) is 0 Å². The van der Waals surface area contributed by atoms with Gasteiger partial charge < -0.3 is 9.32 Å². The highest BCUT2D eigenvalue weighted by Crippen LogP contribution is 2.51. The molecule has 2 heteroatoms. The maximum Gasteiger partial charge on any atom is 0.136 e. The van der Waals surface area contributed by atoms with Crippen molar-refractivity contribution < 1.29 is 4.42 Å². The molecule has 0 atom stereocenters. The highest BCUT2D eigenvalue weighted by molar-refractivity contribution is 6.13. The third-order valence-corrected chi connectivity index (χ3v) is 8.44. The minimum absolute atomic E-state index is 0.0184. The molecule has 0 bridgehead atoms. The standard InChI is InChI=1S/C37H27NO/c1-37(2)32-16-8-6-14-27(32)30-22-26(19-20-33(30)37)38(25-12-4-3-5-13-25)34-17-10-11-24-21-36-31(23-29(24)34)28-15-7-9-18-35(28)39-36/h3-23H,1-2H3. The first-order chi connectivity index (χ1) is 19.1. The number of nitrogens with zero attached hydrogens (tertiary/aromatic N) is 1. The van der Waals surface area contributed by atoms with Crippen molar-refractivity contribution in [2.24, 2.45) is 0 Å². The minimum Gasteiger partial charge on any atom is -0.456 e. The number of fused-ring (bicyclic) bond motifs is 7. The molecule has 0 spiro atoms. The van der Waals surface area contributed by atoms with Crippen LogP contribution in [-0.4, -0.2) is 0 Å². The first-order valence-corrected chi connectivity index (χ1v) is 13.5. The molecule has 0 aliphatic heterocycles. The summed E-state index contributed by atoms with van der Waals surface area (Å²) in [5.74, 6) is 0. The van der Waals surface area contributed by atoms with Crippen LogP contribution in [0.2, 0.25) is 0 Å². The Bertz CT molecular complexity index is 2050. The highest BCUT2D eigenvalue weighted by Gasteiger charge is 2.35. The Morgan fingerprint density at radius 1 is 0.513 bits per heavy atom. The number of hydrogen-bond donors (Lipinski definition) is 0. The first-order valence-electron chi connectivity index (χ1n) is 13.5. The molecule has 1 aliphatic carbocycles. The van der Waals surface area contributed by atoms with Crippen LogP contribution in [0.3, 0.4) is 0 Å². The molecule has 186 valence electrons. The lowest BCUT2D eigenvalue weighted by molar-refractivity contribution is 0.660. The van der Waals surface area contributed by atoms with Crippen LogP contribution in [0.5, 0.6) is 0 Å². The predicted octanol–water partition coefficient (Wildman–Crippen LogP) is 10.5. The summed E-state index contributed by atoms with van der Waals surface area (Å²) in [4.78, 5) is 2.39. The van der Waals surface area contributed by atoms with Crippen molar-refractivity contribution in [3.05, 3.63) is 139 Å². The largest absolute Gasteiger partial charge is 0.456 e. The molecule has 1 aliphatic rings. The third-order valence-electron chi connectivity index (χ3n) is 8.44. The Morgan fingerprint density at radius 2 is 1.28 bits per heavy atom. The summed E-state index contributed by atoms with van der Waals surface area (Å²) >= 11 is 0. The molecule has 0 fully saturated rings. The topological polar surface area (TPSA) is 16.4 Å². The van der Waals surface area contributed by atoms with E-state index in [1.165, 1.54) is 27.6 Å². The Balaban J connectivity index is 1.40. The van der Waals surface area contributed by atoms with Crippen molar-refractivity contribution in [1.82, 2.24) is 0 Å². The molecule has 8 rings (SSSR count). The second-order valence-corrected chi connectivity index (χ2v) is 11.0. The van der Waals surface area contributed by atoms with Crippen molar-refractivity contribution >= 4 is 49.8 Å². The SMILES string of the molecule is CC1(C)c2ccccc2-c2cc(N(c3ccccc3)c3cccc4cc5oc6ccccc6c5cc34)ccc21. The number of rotatable bonds is 3. The quantitative estimate of drug-likeness (QED) is 0.239. The lowest BCUT2D eigenvalue weighted by Crippen LogP contribution is -2.15. The fraction of sp³-hybridized carbons (Fsp3) is 0.0811. The van der Waals surface area contributed by atoms with E-state index in [1.807, 2.05) is 12.1 Å². The van der Waals surface area contributed by atoms with Crippen molar-refractivity contribution in [3.8, 4) is 11.1 Å². The molecular formula is C37H27NO. The van der Waals surface area contributed by atoms with Crippen LogP contribution in [0, 0.1) is 0 Å². The number of anilines is 3. The zero-order valence-corrected chi connectivity index (χ0v) is 22.0. The van der Waals surface area contributed by atoms with Crippen LogP contribution in [0.4, 0.5) is 17.1 Å².